The molecule has 1 aliphatic heterocycles. The zero-order valence-corrected chi connectivity index (χ0v) is 18.3. The zero-order chi connectivity index (χ0) is 21.2. The number of rotatable bonds is 5. The van der Waals surface area contributed by atoms with Crippen molar-refractivity contribution >= 4 is 21.6 Å². The number of aryl methyl sites for hydroxylation is 4. The fourth-order valence-corrected chi connectivity index (χ4v) is 5.38. The number of anilines is 1. The SMILES string of the molecule is Cc1ccc(S(=O)(=O)N2CCN(CC(=O)Nc3c(C)cccc3C)CC2)c(C)c1. The number of piperazine rings is 1. The molecule has 1 amide bonds. The summed E-state index contributed by atoms with van der Waals surface area (Å²) >= 11 is 0. The number of nitrogens with one attached hydrogen (secondary N) is 1. The summed E-state index contributed by atoms with van der Waals surface area (Å²) in [6.07, 6.45) is 0. The second-order valence-corrected chi connectivity index (χ2v) is 9.67. The van der Waals surface area contributed by atoms with Gasteiger partial charge in [0.1, 0.15) is 0 Å². The molecule has 1 heterocycles. The first-order valence-electron chi connectivity index (χ1n) is 9.84. The predicted molar refractivity (Wildman–Crippen MR) is 116 cm³/mol. The molecule has 1 fully saturated rings. The van der Waals surface area contributed by atoms with Crippen molar-refractivity contribution < 1.29 is 13.2 Å². The van der Waals surface area contributed by atoms with Crippen molar-refractivity contribution in [2.24, 2.45) is 0 Å². The maximum Gasteiger partial charge on any atom is 0.243 e. The summed E-state index contributed by atoms with van der Waals surface area (Å²) in [5, 5.41) is 2.99. The minimum atomic E-state index is -3.52. The van der Waals surface area contributed by atoms with E-state index in [0.29, 0.717) is 31.1 Å². The maximum atomic E-state index is 13.0. The van der Waals surface area contributed by atoms with Gasteiger partial charge in [-0.1, -0.05) is 35.9 Å². The first-order valence-corrected chi connectivity index (χ1v) is 11.3. The lowest BCUT2D eigenvalue weighted by Crippen LogP contribution is -2.50. The monoisotopic (exact) mass is 415 g/mol. The van der Waals surface area contributed by atoms with Crippen molar-refractivity contribution in [3.05, 3.63) is 58.7 Å². The summed E-state index contributed by atoms with van der Waals surface area (Å²) < 4.78 is 27.5. The lowest BCUT2D eigenvalue weighted by Gasteiger charge is -2.33. The van der Waals surface area contributed by atoms with E-state index in [9.17, 15) is 13.2 Å². The summed E-state index contributed by atoms with van der Waals surface area (Å²) in [7, 11) is -3.52. The Balaban J connectivity index is 1.59. The van der Waals surface area contributed by atoms with Crippen LogP contribution >= 0.6 is 0 Å². The molecule has 1 aliphatic rings. The summed E-state index contributed by atoms with van der Waals surface area (Å²) in [4.78, 5) is 14.8. The fourth-order valence-electron chi connectivity index (χ4n) is 3.75. The number of hydrogen-bond donors (Lipinski definition) is 1. The van der Waals surface area contributed by atoms with E-state index in [1.54, 1.807) is 6.07 Å². The zero-order valence-electron chi connectivity index (χ0n) is 17.5. The third-order valence-electron chi connectivity index (χ3n) is 5.39. The first-order chi connectivity index (χ1) is 13.7. The number of carbonyl (C=O) groups excluding carboxylic acids is 1. The van der Waals surface area contributed by atoms with Gasteiger partial charge in [0.2, 0.25) is 15.9 Å². The van der Waals surface area contributed by atoms with Crippen LogP contribution in [0.25, 0.3) is 0 Å². The third kappa shape index (κ3) is 4.86. The Bertz CT molecular complexity index is 990. The van der Waals surface area contributed by atoms with Crippen LogP contribution in [0.4, 0.5) is 5.69 Å². The standard InChI is InChI=1S/C22H29N3O3S/c1-16-8-9-20(19(4)14-16)29(27,28)25-12-10-24(11-13-25)15-21(26)23-22-17(2)6-5-7-18(22)3/h5-9,14H,10-13,15H2,1-4H3,(H,23,26). The molecule has 7 heteroatoms. The number of benzene rings is 2. The van der Waals surface area contributed by atoms with Crippen molar-refractivity contribution in [1.82, 2.24) is 9.21 Å². The fraction of sp³-hybridized carbons (Fsp3) is 0.409. The van der Waals surface area contributed by atoms with Crippen molar-refractivity contribution in [2.45, 2.75) is 32.6 Å². The Labute approximate surface area is 173 Å². The molecule has 156 valence electrons. The molecule has 0 aromatic heterocycles. The van der Waals surface area contributed by atoms with Crippen molar-refractivity contribution in [2.75, 3.05) is 38.0 Å². The highest BCUT2D eigenvalue weighted by Gasteiger charge is 2.30. The molecule has 0 atom stereocenters. The van der Waals surface area contributed by atoms with Crippen LogP contribution in [0.15, 0.2) is 41.3 Å². The molecule has 0 bridgehead atoms. The first kappa shape index (κ1) is 21.5. The number of amides is 1. The van der Waals surface area contributed by atoms with E-state index in [1.165, 1.54) is 4.31 Å². The predicted octanol–water partition coefficient (Wildman–Crippen LogP) is 2.87. The van der Waals surface area contributed by atoms with Gasteiger partial charge >= 0.3 is 0 Å². The highest BCUT2D eigenvalue weighted by atomic mass is 32.2. The van der Waals surface area contributed by atoms with Gasteiger partial charge in [0.25, 0.3) is 0 Å². The van der Waals surface area contributed by atoms with E-state index in [1.807, 2.05) is 62.9 Å². The van der Waals surface area contributed by atoms with Crippen LogP contribution in [-0.2, 0) is 14.8 Å². The van der Waals surface area contributed by atoms with Gasteiger partial charge in [-0.15, -0.1) is 0 Å². The van der Waals surface area contributed by atoms with Crippen molar-refractivity contribution in [3.63, 3.8) is 0 Å². The summed E-state index contributed by atoms with van der Waals surface area (Å²) in [5.74, 6) is -0.0758. The summed E-state index contributed by atoms with van der Waals surface area (Å²) in [5.41, 5.74) is 4.72. The molecule has 0 radical (unpaired) electrons. The van der Waals surface area contributed by atoms with Crippen LogP contribution in [0, 0.1) is 27.7 Å². The Kier molecular flexibility index (Phi) is 6.41. The van der Waals surface area contributed by atoms with Gasteiger partial charge in [-0.2, -0.15) is 4.31 Å². The van der Waals surface area contributed by atoms with Gasteiger partial charge in [0.05, 0.1) is 11.4 Å². The van der Waals surface area contributed by atoms with Crippen molar-refractivity contribution in [1.29, 1.82) is 0 Å². The number of hydrogen-bond acceptors (Lipinski definition) is 4. The largest absolute Gasteiger partial charge is 0.324 e. The molecule has 1 saturated heterocycles. The van der Waals surface area contributed by atoms with Crippen LogP contribution < -0.4 is 5.32 Å². The molecule has 0 saturated carbocycles. The quantitative estimate of drug-likeness (QED) is 0.815. The topological polar surface area (TPSA) is 69.7 Å². The van der Waals surface area contributed by atoms with E-state index < -0.39 is 10.0 Å². The van der Waals surface area contributed by atoms with Crippen LogP contribution in [-0.4, -0.2) is 56.3 Å². The van der Waals surface area contributed by atoms with Crippen molar-refractivity contribution in [3.8, 4) is 0 Å². The molecule has 6 nitrogen and oxygen atoms in total. The van der Waals surface area contributed by atoms with E-state index in [0.717, 1.165) is 27.9 Å². The smallest absolute Gasteiger partial charge is 0.243 e. The van der Waals surface area contributed by atoms with Gasteiger partial charge in [-0.05, 0) is 50.5 Å². The van der Waals surface area contributed by atoms with Crippen LogP contribution in [0.1, 0.15) is 22.3 Å². The molecule has 2 aromatic rings. The Morgan fingerprint density at radius 3 is 2.14 bits per heavy atom. The molecule has 0 spiro atoms. The average molecular weight is 416 g/mol. The average Bonchev–Trinajstić information content (AvgIpc) is 2.65. The lowest BCUT2D eigenvalue weighted by molar-refractivity contribution is -0.117. The third-order valence-corrected chi connectivity index (χ3v) is 7.45. The number of nitrogens with zero attached hydrogens (tertiary/aromatic N) is 2. The van der Waals surface area contributed by atoms with Gasteiger partial charge in [-0.3, -0.25) is 9.69 Å². The van der Waals surface area contributed by atoms with E-state index >= 15 is 0 Å². The van der Waals surface area contributed by atoms with Gasteiger partial charge in [0.15, 0.2) is 0 Å². The molecule has 3 rings (SSSR count). The van der Waals surface area contributed by atoms with E-state index in [-0.39, 0.29) is 12.5 Å². The summed E-state index contributed by atoms with van der Waals surface area (Å²) in [6, 6.07) is 11.3. The molecular formula is C22H29N3O3S. The van der Waals surface area contributed by atoms with E-state index in [4.69, 9.17) is 0 Å². The highest BCUT2D eigenvalue weighted by molar-refractivity contribution is 7.89. The maximum absolute atomic E-state index is 13.0. The Hall–Kier alpha value is -2.22. The molecule has 1 N–H and O–H groups in total. The Morgan fingerprint density at radius 1 is 0.931 bits per heavy atom. The second-order valence-electron chi connectivity index (χ2n) is 7.76. The van der Waals surface area contributed by atoms with Crippen LogP contribution in [0.3, 0.4) is 0 Å². The molecule has 0 aliphatic carbocycles. The lowest BCUT2D eigenvalue weighted by atomic mass is 10.1. The highest BCUT2D eigenvalue weighted by Crippen LogP contribution is 2.22. The van der Waals surface area contributed by atoms with Gasteiger partial charge in [-0.25, -0.2) is 8.42 Å². The normalized spacial score (nSPS) is 16.0. The van der Waals surface area contributed by atoms with Crippen LogP contribution in [0.2, 0.25) is 0 Å². The summed E-state index contributed by atoms with van der Waals surface area (Å²) in [6.45, 7) is 9.80. The minimum absolute atomic E-state index is 0.0758. The molecule has 2 aromatic carbocycles. The number of carbonyl (C=O) groups is 1. The van der Waals surface area contributed by atoms with Gasteiger partial charge < -0.3 is 5.32 Å². The van der Waals surface area contributed by atoms with Crippen LogP contribution in [0.5, 0.6) is 0 Å². The number of sulfonamides is 1. The molecule has 0 unspecified atom stereocenters. The Morgan fingerprint density at radius 2 is 1.55 bits per heavy atom. The number of para-hydroxylation sites is 1. The van der Waals surface area contributed by atoms with E-state index in [2.05, 4.69) is 5.32 Å². The minimum Gasteiger partial charge on any atom is -0.324 e. The molecule has 29 heavy (non-hydrogen) atoms. The second kappa shape index (κ2) is 8.65. The molecular weight excluding hydrogens is 386 g/mol. The van der Waals surface area contributed by atoms with Gasteiger partial charge in [0, 0.05) is 31.9 Å².